The number of imide groups is 1. The van der Waals surface area contributed by atoms with Gasteiger partial charge < -0.3 is 4.90 Å². The number of nitrogens with zero attached hydrogens (tertiary/aromatic N) is 2. The van der Waals surface area contributed by atoms with E-state index >= 15 is 0 Å². The molecule has 0 radical (unpaired) electrons. The number of hydrogen-bond acceptors (Lipinski definition) is 3. The number of fused-ring (bicyclic) bond motifs is 1. The fourth-order valence-corrected chi connectivity index (χ4v) is 5.40. The molecule has 6 heteroatoms. The van der Waals surface area contributed by atoms with Crippen LogP contribution in [0.25, 0.3) is 0 Å². The van der Waals surface area contributed by atoms with E-state index in [1.54, 1.807) is 12.1 Å². The van der Waals surface area contributed by atoms with Crippen molar-refractivity contribution in [2.45, 2.75) is 76.8 Å². The molecule has 2 unspecified atom stereocenters. The first-order valence-electron chi connectivity index (χ1n) is 11.4. The van der Waals surface area contributed by atoms with Crippen LogP contribution in [-0.2, 0) is 20.9 Å². The van der Waals surface area contributed by atoms with Crippen molar-refractivity contribution in [3.63, 3.8) is 0 Å². The molecular formula is C24H31FN2O3. The van der Waals surface area contributed by atoms with Crippen LogP contribution < -0.4 is 0 Å². The number of carbonyl (C=O) groups is 3. The number of carbonyl (C=O) groups excluding carboxylic acids is 3. The lowest BCUT2D eigenvalue weighted by atomic mass is 9.81. The van der Waals surface area contributed by atoms with E-state index < -0.39 is 0 Å². The average molecular weight is 415 g/mol. The maximum Gasteiger partial charge on any atom is 0.233 e. The molecule has 4 rings (SSSR count). The molecule has 3 fully saturated rings. The largest absolute Gasteiger partial charge is 0.335 e. The van der Waals surface area contributed by atoms with E-state index in [1.807, 2.05) is 4.90 Å². The van der Waals surface area contributed by atoms with Crippen LogP contribution in [0, 0.1) is 17.7 Å². The van der Waals surface area contributed by atoms with Gasteiger partial charge in [0.05, 0.1) is 11.8 Å². The third kappa shape index (κ3) is 4.42. The second-order valence-corrected chi connectivity index (χ2v) is 9.02. The van der Waals surface area contributed by atoms with Crippen LogP contribution in [0.3, 0.4) is 0 Å². The van der Waals surface area contributed by atoms with Gasteiger partial charge in [0.2, 0.25) is 17.7 Å². The van der Waals surface area contributed by atoms with E-state index in [1.165, 1.54) is 23.5 Å². The number of rotatable bonds is 6. The highest BCUT2D eigenvalue weighted by molar-refractivity contribution is 6.05. The van der Waals surface area contributed by atoms with Gasteiger partial charge >= 0.3 is 0 Å². The number of amides is 3. The molecule has 1 aromatic rings. The Balaban J connectivity index is 1.42. The standard InChI is InChI=1S/C24H31FN2O3/c25-18-12-10-17(11-13-18)16-27(19-6-2-1-3-7-19)22(28)14-15-26-23(29)20-8-4-5-9-21(20)24(26)30/h10-13,19-21H,1-9,14-16H2. The van der Waals surface area contributed by atoms with E-state index in [4.69, 9.17) is 0 Å². The fraction of sp³-hybridized carbons (Fsp3) is 0.625. The Bertz CT molecular complexity index is 764. The summed E-state index contributed by atoms with van der Waals surface area (Å²) in [6.45, 7) is 0.618. The van der Waals surface area contributed by atoms with Gasteiger partial charge in [0.15, 0.2) is 0 Å². The normalized spacial score (nSPS) is 24.8. The highest BCUT2D eigenvalue weighted by Crippen LogP contribution is 2.38. The third-order valence-electron chi connectivity index (χ3n) is 7.08. The predicted octanol–water partition coefficient (Wildman–Crippen LogP) is 4.05. The first-order chi connectivity index (χ1) is 14.5. The molecular weight excluding hydrogens is 383 g/mol. The lowest BCUT2D eigenvalue weighted by Crippen LogP contribution is -2.43. The second-order valence-electron chi connectivity index (χ2n) is 9.02. The zero-order valence-electron chi connectivity index (χ0n) is 17.5. The van der Waals surface area contributed by atoms with E-state index in [0.29, 0.717) is 6.54 Å². The monoisotopic (exact) mass is 414 g/mol. The Morgan fingerprint density at radius 3 is 2.07 bits per heavy atom. The first-order valence-corrected chi connectivity index (χ1v) is 11.4. The van der Waals surface area contributed by atoms with Gasteiger partial charge in [-0.05, 0) is 43.4 Å². The Hall–Kier alpha value is -2.24. The summed E-state index contributed by atoms with van der Waals surface area (Å²) in [5.74, 6) is -0.825. The van der Waals surface area contributed by atoms with E-state index in [0.717, 1.165) is 56.9 Å². The van der Waals surface area contributed by atoms with Gasteiger partial charge in [-0.3, -0.25) is 19.3 Å². The van der Waals surface area contributed by atoms with E-state index in [-0.39, 0.29) is 54.4 Å². The van der Waals surface area contributed by atoms with Crippen LogP contribution >= 0.6 is 0 Å². The molecule has 5 nitrogen and oxygen atoms in total. The zero-order valence-corrected chi connectivity index (χ0v) is 17.5. The maximum absolute atomic E-state index is 13.3. The van der Waals surface area contributed by atoms with Gasteiger partial charge in [-0.15, -0.1) is 0 Å². The van der Waals surface area contributed by atoms with Crippen molar-refractivity contribution in [1.82, 2.24) is 9.80 Å². The summed E-state index contributed by atoms with van der Waals surface area (Å²) in [6.07, 6.45) is 9.08. The summed E-state index contributed by atoms with van der Waals surface area (Å²) in [6, 6.07) is 6.45. The van der Waals surface area contributed by atoms with Gasteiger partial charge in [0.25, 0.3) is 0 Å². The molecule has 3 amide bonds. The minimum atomic E-state index is -0.290. The molecule has 162 valence electrons. The smallest absolute Gasteiger partial charge is 0.233 e. The fourth-order valence-electron chi connectivity index (χ4n) is 5.40. The summed E-state index contributed by atoms with van der Waals surface area (Å²) >= 11 is 0. The quantitative estimate of drug-likeness (QED) is 0.660. The van der Waals surface area contributed by atoms with Crippen molar-refractivity contribution < 1.29 is 18.8 Å². The molecule has 1 heterocycles. The Morgan fingerprint density at radius 1 is 0.900 bits per heavy atom. The molecule has 1 aromatic carbocycles. The first kappa shape index (κ1) is 21.0. The molecule has 0 N–H and O–H groups in total. The van der Waals surface area contributed by atoms with Gasteiger partial charge in [0, 0.05) is 25.6 Å². The van der Waals surface area contributed by atoms with E-state index in [2.05, 4.69) is 0 Å². The second kappa shape index (κ2) is 9.27. The van der Waals surface area contributed by atoms with Gasteiger partial charge in [-0.2, -0.15) is 0 Å². The molecule has 2 atom stereocenters. The van der Waals surface area contributed by atoms with Gasteiger partial charge in [-0.1, -0.05) is 44.2 Å². The van der Waals surface area contributed by atoms with Crippen molar-refractivity contribution >= 4 is 17.7 Å². The van der Waals surface area contributed by atoms with Gasteiger partial charge in [-0.25, -0.2) is 4.39 Å². The van der Waals surface area contributed by atoms with Crippen LogP contribution in [-0.4, -0.2) is 40.1 Å². The molecule has 2 aliphatic carbocycles. The molecule has 1 aliphatic heterocycles. The van der Waals surface area contributed by atoms with Crippen LogP contribution in [0.4, 0.5) is 4.39 Å². The van der Waals surface area contributed by atoms with Crippen molar-refractivity contribution in [2.75, 3.05) is 6.54 Å². The van der Waals surface area contributed by atoms with Crippen molar-refractivity contribution in [1.29, 1.82) is 0 Å². The van der Waals surface area contributed by atoms with Gasteiger partial charge in [0.1, 0.15) is 5.82 Å². The highest BCUT2D eigenvalue weighted by Gasteiger charge is 2.48. The summed E-state index contributed by atoms with van der Waals surface area (Å²) in [5.41, 5.74) is 0.898. The molecule has 1 saturated heterocycles. The number of halogens is 1. The Labute approximate surface area is 177 Å². The Morgan fingerprint density at radius 2 is 1.47 bits per heavy atom. The van der Waals surface area contributed by atoms with Crippen LogP contribution in [0.15, 0.2) is 24.3 Å². The minimum absolute atomic E-state index is 0.0262. The lowest BCUT2D eigenvalue weighted by molar-refractivity contribution is -0.141. The highest BCUT2D eigenvalue weighted by atomic mass is 19.1. The van der Waals surface area contributed by atoms with Crippen LogP contribution in [0.5, 0.6) is 0 Å². The molecule has 0 aromatic heterocycles. The summed E-state index contributed by atoms with van der Waals surface area (Å²) in [5, 5.41) is 0. The summed E-state index contributed by atoms with van der Waals surface area (Å²) in [7, 11) is 0. The van der Waals surface area contributed by atoms with Crippen molar-refractivity contribution in [2.24, 2.45) is 11.8 Å². The minimum Gasteiger partial charge on any atom is -0.335 e. The molecule has 2 saturated carbocycles. The molecule has 0 spiro atoms. The number of benzene rings is 1. The van der Waals surface area contributed by atoms with Crippen LogP contribution in [0.2, 0.25) is 0 Å². The van der Waals surface area contributed by atoms with Crippen molar-refractivity contribution in [3.05, 3.63) is 35.6 Å². The number of hydrogen-bond donors (Lipinski definition) is 0. The molecule has 30 heavy (non-hydrogen) atoms. The predicted molar refractivity (Wildman–Crippen MR) is 111 cm³/mol. The number of likely N-dealkylation sites (tertiary alicyclic amines) is 1. The molecule has 0 bridgehead atoms. The Kier molecular flexibility index (Phi) is 6.49. The molecule has 3 aliphatic rings. The lowest BCUT2D eigenvalue weighted by Gasteiger charge is -2.35. The average Bonchev–Trinajstić information content (AvgIpc) is 3.02. The summed E-state index contributed by atoms with van der Waals surface area (Å²) in [4.78, 5) is 41.8. The van der Waals surface area contributed by atoms with Crippen LogP contribution in [0.1, 0.15) is 69.8 Å². The third-order valence-corrected chi connectivity index (χ3v) is 7.08. The zero-order chi connectivity index (χ0) is 21.1. The summed E-state index contributed by atoms with van der Waals surface area (Å²) < 4.78 is 13.3. The topological polar surface area (TPSA) is 57.7 Å². The van der Waals surface area contributed by atoms with Crippen molar-refractivity contribution in [3.8, 4) is 0 Å². The van der Waals surface area contributed by atoms with E-state index in [9.17, 15) is 18.8 Å². The SMILES string of the molecule is O=C1C2CCCCC2C(=O)N1CCC(=O)N(Cc1ccc(F)cc1)C1CCCCC1. The maximum atomic E-state index is 13.3.